The van der Waals surface area contributed by atoms with Crippen LogP contribution in [0, 0.1) is 0 Å². The Balaban J connectivity index is 1.66. The van der Waals surface area contributed by atoms with E-state index in [2.05, 4.69) is 16.3 Å². The molecule has 5 nitrogen and oxygen atoms in total. The minimum Gasteiger partial charge on any atom is -0.326 e. The number of hydrogen-bond donors (Lipinski definition) is 2. The van der Waals surface area contributed by atoms with Crippen molar-refractivity contribution in [2.75, 3.05) is 32.0 Å². The summed E-state index contributed by atoms with van der Waals surface area (Å²) in [5.41, 5.74) is 8.12. The Morgan fingerprint density at radius 2 is 2.00 bits per heavy atom. The van der Waals surface area contributed by atoms with Gasteiger partial charge in [-0.2, -0.15) is 0 Å². The third-order valence-electron chi connectivity index (χ3n) is 5.00. The lowest BCUT2D eigenvalue weighted by Crippen LogP contribution is -2.37. The lowest BCUT2D eigenvalue weighted by atomic mass is 10.1. The van der Waals surface area contributed by atoms with Crippen LogP contribution in [0.3, 0.4) is 0 Å². The van der Waals surface area contributed by atoms with Gasteiger partial charge in [0.15, 0.2) is 0 Å². The number of para-hydroxylation sites is 1. The van der Waals surface area contributed by atoms with Gasteiger partial charge in [0.05, 0.1) is 6.04 Å². The predicted molar refractivity (Wildman–Crippen MR) is 93.2 cm³/mol. The molecule has 23 heavy (non-hydrogen) atoms. The number of benzene rings is 1. The zero-order valence-corrected chi connectivity index (χ0v) is 14.0. The number of nitrogens with two attached hydrogens (primary N) is 1. The fraction of sp³-hybridized carbons (Fsp3) is 0.611. The highest BCUT2D eigenvalue weighted by Crippen LogP contribution is 2.22. The molecule has 0 bridgehead atoms. The molecule has 2 heterocycles. The van der Waals surface area contributed by atoms with Crippen molar-refractivity contribution < 1.29 is 4.79 Å². The molecule has 2 fully saturated rings. The largest absolute Gasteiger partial charge is 0.326 e. The summed E-state index contributed by atoms with van der Waals surface area (Å²) in [5.74, 6) is 0.0616. The van der Waals surface area contributed by atoms with Crippen molar-refractivity contribution in [3.8, 4) is 0 Å². The van der Waals surface area contributed by atoms with Gasteiger partial charge in [-0.3, -0.25) is 14.6 Å². The Morgan fingerprint density at radius 1 is 1.26 bits per heavy atom. The van der Waals surface area contributed by atoms with Gasteiger partial charge in [-0.25, -0.2) is 0 Å². The number of nitrogens with one attached hydrogen (secondary N) is 1. The number of likely N-dealkylation sites (N-methyl/N-ethyl adjacent to an activating group) is 1. The Labute approximate surface area is 138 Å². The number of anilines is 1. The average molecular weight is 316 g/mol. The van der Waals surface area contributed by atoms with Crippen molar-refractivity contribution in [2.24, 2.45) is 5.73 Å². The third-order valence-corrected chi connectivity index (χ3v) is 5.00. The summed E-state index contributed by atoms with van der Waals surface area (Å²) >= 11 is 0. The average Bonchev–Trinajstić information content (AvgIpc) is 2.89. The van der Waals surface area contributed by atoms with Gasteiger partial charge in [0.1, 0.15) is 0 Å². The van der Waals surface area contributed by atoms with Gasteiger partial charge in [-0.15, -0.1) is 0 Å². The molecule has 3 rings (SSSR count). The smallest absolute Gasteiger partial charge is 0.241 e. The summed E-state index contributed by atoms with van der Waals surface area (Å²) in [6, 6.07) is 8.14. The lowest BCUT2D eigenvalue weighted by Gasteiger charge is -2.27. The number of carbonyl (C=O) groups is 1. The highest BCUT2D eigenvalue weighted by molar-refractivity contribution is 5.95. The summed E-state index contributed by atoms with van der Waals surface area (Å²) in [7, 11) is 1.97. The summed E-state index contributed by atoms with van der Waals surface area (Å²) in [5, 5.41) is 3.13. The van der Waals surface area contributed by atoms with Crippen LogP contribution >= 0.6 is 0 Å². The van der Waals surface area contributed by atoms with E-state index in [0.29, 0.717) is 0 Å². The molecule has 1 amide bonds. The first-order chi connectivity index (χ1) is 11.1. The highest BCUT2D eigenvalue weighted by atomic mass is 16.2. The van der Waals surface area contributed by atoms with Crippen LogP contribution in [-0.2, 0) is 11.3 Å². The topological polar surface area (TPSA) is 61.6 Å². The van der Waals surface area contributed by atoms with Gasteiger partial charge in [-0.05, 0) is 51.0 Å². The molecule has 0 spiro atoms. The van der Waals surface area contributed by atoms with Crippen LogP contribution in [0.25, 0.3) is 0 Å². The van der Waals surface area contributed by atoms with Crippen molar-refractivity contribution in [1.29, 1.82) is 0 Å². The molecule has 0 radical (unpaired) electrons. The fourth-order valence-corrected chi connectivity index (χ4v) is 3.70. The number of hydrogen-bond acceptors (Lipinski definition) is 4. The standard InChI is InChI=1S/C18H28N4O/c1-21-13-15(19)11-17(21)18(23)20-16-8-4-3-7-14(16)12-22-9-5-2-6-10-22/h3-4,7-8,15,17H,2,5-6,9-13,19H2,1H3,(H,20,23)/t15-,17-/m0/s1. The minimum atomic E-state index is -0.118. The van der Waals surface area contributed by atoms with E-state index in [4.69, 9.17) is 5.73 Å². The third kappa shape index (κ3) is 4.10. The maximum Gasteiger partial charge on any atom is 0.241 e. The Bertz CT molecular complexity index is 542. The number of carbonyl (C=O) groups excluding carboxylic acids is 1. The minimum absolute atomic E-state index is 0.0616. The lowest BCUT2D eigenvalue weighted by molar-refractivity contribution is -0.119. The second-order valence-corrected chi connectivity index (χ2v) is 6.93. The van der Waals surface area contributed by atoms with E-state index < -0.39 is 0 Å². The van der Waals surface area contributed by atoms with E-state index in [-0.39, 0.29) is 18.0 Å². The molecule has 1 aromatic carbocycles. The van der Waals surface area contributed by atoms with Crippen LogP contribution in [0.1, 0.15) is 31.2 Å². The van der Waals surface area contributed by atoms with E-state index in [1.54, 1.807) is 0 Å². The summed E-state index contributed by atoms with van der Waals surface area (Å²) in [4.78, 5) is 17.1. The second kappa shape index (κ2) is 7.43. The zero-order valence-electron chi connectivity index (χ0n) is 14.0. The number of rotatable bonds is 4. The molecule has 0 aromatic heterocycles. The van der Waals surface area contributed by atoms with Crippen LogP contribution in [0.2, 0.25) is 0 Å². The Hall–Kier alpha value is -1.43. The number of likely N-dealkylation sites (tertiary alicyclic amines) is 2. The van der Waals surface area contributed by atoms with Gasteiger partial charge in [0, 0.05) is 24.8 Å². The van der Waals surface area contributed by atoms with Crippen LogP contribution in [-0.4, -0.2) is 54.5 Å². The van der Waals surface area contributed by atoms with Crippen molar-refractivity contribution in [2.45, 2.75) is 44.3 Å². The SMILES string of the molecule is CN1C[C@@H](N)C[C@H]1C(=O)Nc1ccccc1CN1CCCCC1. The molecule has 5 heteroatoms. The molecule has 2 saturated heterocycles. The van der Waals surface area contributed by atoms with Crippen molar-refractivity contribution >= 4 is 11.6 Å². The molecular formula is C18H28N4O. The molecule has 2 aliphatic heterocycles. The van der Waals surface area contributed by atoms with Crippen LogP contribution < -0.4 is 11.1 Å². The number of amides is 1. The van der Waals surface area contributed by atoms with E-state index in [1.165, 1.54) is 24.8 Å². The van der Waals surface area contributed by atoms with Crippen molar-refractivity contribution in [3.05, 3.63) is 29.8 Å². The molecule has 0 saturated carbocycles. The van der Waals surface area contributed by atoms with E-state index in [1.807, 2.05) is 30.1 Å². The first-order valence-corrected chi connectivity index (χ1v) is 8.70. The number of piperidine rings is 1. The predicted octanol–water partition coefficient (Wildman–Crippen LogP) is 1.64. The first kappa shape index (κ1) is 16.4. The maximum absolute atomic E-state index is 12.6. The zero-order chi connectivity index (χ0) is 16.2. The molecule has 2 aliphatic rings. The van der Waals surface area contributed by atoms with Gasteiger partial charge in [0.2, 0.25) is 5.91 Å². The fourth-order valence-electron chi connectivity index (χ4n) is 3.70. The number of nitrogens with zero attached hydrogens (tertiary/aromatic N) is 2. The maximum atomic E-state index is 12.6. The van der Waals surface area contributed by atoms with Crippen molar-refractivity contribution in [1.82, 2.24) is 9.80 Å². The van der Waals surface area contributed by atoms with Gasteiger partial charge < -0.3 is 11.1 Å². The normalized spacial score (nSPS) is 26.3. The summed E-state index contributed by atoms with van der Waals surface area (Å²) in [6.07, 6.45) is 4.62. The monoisotopic (exact) mass is 316 g/mol. The van der Waals surface area contributed by atoms with Crippen LogP contribution in [0.5, 0.6) is 0 Å². The van der Waals surface area contributed by atoms with Crippen molar-refractivity contribution in [3.63, 3.8) is 0 Å². The Kier molecular flexibility index (Phi) is 5.30. The summed E-state index contributed by atoms with van der Waals surface area (Å²) < 4.78 is 0. The molecule has 0 aliphatic carbocycles. The molecule has 3 N–H and O–H groups in total. The van der Waals surface area contributed by atoms with Gasteiger partial charge in [-0.1, -0.05) is 24.6 Å². The van der Waals surface area contributed by atoms with Crippen LogP contribution in [0.4, 0.5) is 5.69 Å². The molecule has 126 valence electrons. The van der Waals surface area contributed by atoms with E-state index in [9.17, 15) is 4.79 Å². The first-order valence-electron chi connectivity index (χ1n) is 8.70. The van der Waals surface area contributed by atoms with Gasteiger partial charge >= 0.3 is 0 Å². The summed E-state index contributed by atoms with van der Waals surface area (Å²) in [6.45, 7) is 4.01. The highest BCUT2D eigenvalue weighted by Gasteiger charge is 2.32. The molecular weight excluding hydrogens is 288 g/mol. The molecule has 0 unspecified atom stereocenters. The van der Waals surface area contributed by atoms with Crippen LogP contribution in [0.15, 0.2) is 24.3 Å². The molecule has 2 atom stereocenters. The molecule has 1 aromatic rings. The van der Waals surface area contributed by atoms with E-state index >= 15 is 0 Å². The van der Waals surface area contributed by atoms with E-state index in [0.717, 1.165) is 38.3 Å². The van der Waals surface area contributed by atoms with Gasteiger partial charge in [0.25, 0.3) is 0 Å². The quantitative estimate of drug-likeness (QED) is 0.886. The Morgan fingerprint density at radius 3 is 2.70 bits per heavy atom. The second-order valence-electron chi connectivity index (χ2n) is 6.93.